The number of hydrogen-bond donors (Lipinski definition) is 1. The van der Waals surface area contributed by atoms with Crippen molar-refractivity contribution in [2.45, 2.75) is 39.0 Å². The minimum absolute atomic E-state index is 0.292. The van der Waals surface area contributed by atoms with E-state index in [1.54, 1.807) is 14.0 Å². The fourth-order valence-corrected chi connectivity index (χ4v) is 2.05. The lowest BCUT2D eigenvalue weighted by atomic mass is 10.2. The van der Waals surface area contributed by atoms with Crippen LogP contribution in [0.25, 0.3) is 0 Å². The SMILES string of the molecule is COc1ccc(OCc2noc(C)n2)c(CNC2CC2)c1. The third-order valence-corrected chi connectivity index (χ3v) is 3.35. The van der Waals surface area contributed by atoms with Crippen molar-refractivity contribution in [2.75, 3.05) is 7.11 Å². The van der Waals surface area contributed by atoms with Crippen LogP contribution < -0.4 is 14.8 Å². The van der Waals surface area contributed by atoms with Gasteiger partial charge in [0.05, 0.1) is 7.11 Å². The van der Waals surface area contributed by atoms with Gasteiger partial charge in [-0.1, -0.05) is 5.16 Å². The van der Waals surface area contributed by atoms with E-state index in [0.29, 0.717) is 24.4 Å². The second-order valence-electron chi connectivity index (χ2n) is 5.15. The van der Waals surface area contributed by atoms with Crippen LogP contribution in [0.4, 0.5) is 0 Å². The highest BCUT2D eigenvalue weighted by Gasteiger charge is 2.21. The quantitative estimate of drug-likeness (QED) is 0.843. The normalized spacial score (nSPS) is 14.2. The van der Waals surface area contributed by atoms with Gasteiger partial charge in [0.15, 0.2) is 6.61 Å². The molecule has 0 saturated heterocycles. The van der Waals surface area contributed by atoms with Crippen molar-refractivity contribution < 1.29 is 14.0 Å². The van der Waals surface area contributed by atoms with E-state index in [1.165, 1.54) is 12.8 Å². The van der Waals surface area contributed by atoms with Gasteiger partial charge >= 0.3 is 0 Å². The van der Waals surface area contributed by atoms with E-state index in [9.17, 15) is 0 Å². The van der Waals surface area contributed by atoms with Gasteiger partial charge in [0.2, 0.25) is 11.7 Å². The van der Waals surface area contributed by atoms with E-state index in [1.807, 2.05) is 18.2 Å². The smallest absolute Gasteiger partial charge is 0.223 e. The number of nitrogens with one attached hydrogen (secondary N) is 1. The van der Waals surface area contributed by atoms with E-state index in [2.05, 4.69) is 15.5 Å². The molecule has 0 aliphatic heterocycles. The summed E-state index contributed by atoms with van der Waals surface area (Å²) in [6.07, 6.45) is 2.50. The topological polar surface area (TPSA) is 69.4 Å². The standard InChI is InChI=1S/C15H19N3O3/c1-10-17-15(18-21-10)9-20-14-6-5-13(19-2)7-11(14)8-16-12-3-4-12/h5-7,12,16H,3-4,8-9H2,1-2H3. The Morgan fingerprint density at radius 1 is 1.38 bits per heavy atom. The van der Waals surface area contributed by atoms with Gasteiger partial charge in [-0.3, -0.25) is 0 Å². The molecule has 1 aromatic carbocycles. The summed E-state index contributed by atoms with van der Waals surface area (Å²) in [4.78, 5) is 4.13. The monoisotopic (exact) mass is 289 g/mol. The Balaban J connectivity index is 1.69. The van der Waals surface area contributed by atoms with Gasteiger partial charge in [-0.05, 0) is 31.0 Å². The molecule has 1 aliphatic carbocycles. The Labute approximate surface area is 123 Å². The predicted octanol–water partition coefficient (Wildman–Crippen LogP) is 2.22. The van der Waals surface area contributed by atoms with Crippen LogP contribution in [0.15, 0.2) is 22.7 Å². The molecule has 0 atom stereocenters. The summed E-state index contributed by atoms with van der Waals surface area (Å²) in [7, 11) is 1.66. The van der Waals surface area contributed by atoms with E-state index in [-0.39, 0.29) is 0 Å². The third-order valence-electron chi connectivity index (χ3n) is 3.35. The molecule has 0 unspecified atom stereocenters. The number of hydrogen-bond acceptors (Lipinski definition) is 6. The molecule has 1 saturated carbocycles. The van der Waals surface area contributed by atoms with E-state index in [0.717, 1.165) is 23.6 Å². The van der Waals surface area contributed by atoms with E-state index >= 15 is 0 Å². The fourth-order valence-electron chi connectivity index (χ4n) is 2.05. The van der Waals surface area contributed by atoms with Crippen LogP contribution in [-0.2, 0) is 13.2 Å². The van der Waals surface area contributed by atoms with Crippen LogP contribution in [0.3, 0.4) is 0 Å². The van der Waals surface area contributed by atoms with E-state index in [4.69, 9.17) is 14.0 Å². The van der Waals surface area contributed by atoms with Crippen LogP contribution in [0.1, 0.15) is 30.1 Å². The Morgan fingerprint density at radius 3 is 2.90 bits per heavy atom. The van der Waals surface area contributed by atoms with Crippen molar-refractivity contribution >= 4 is 0 Å². The van der Waals surface area contributed by atoms with Crippen LogP contribution in [0.2, 0.25) is 0 Å². The summed E-state index contributed by atoms with van der Waals surface area (Å²) in [5.74, 6) is 2.72. The molecule has 0 spiro atoms. The Morgan fingerprint density at radius 2 is 2.24 bits per heavy atom. The van der Waals surface area contributed by atoms with Gasteiger partial charge in [-0.2, -0.15) is 4.98 Å². The molecule has 6 heteroatoms. The van der Waals surface area contributed by atoms with Gasteiger partial charge in [0, 0.05) is 25.1 Å². The van der Waals surface area contributed by atoms with Gasteiger partial charge in [-0.15, -0.1) is 0 Å². The van der Waals surface area contributed by atoms with Gasteiger partial charge in [0.25, 0.3) is 0 Å². The molecule has 1 heterocycles. The zero-order valence-corrected chi connectivity index (χ0v) is 12.3. The average Bonchev–Trinajstić information content (AvgIpc) is 3.24. The molecule has 3 rings (SSSR count). The van der Waals surface area contributed by atoms with Crippen LogP contribution in [-0.4, -0.2) is 23.3 Å². The highest BCUT2D eigenvalue weighted by molar-refractivity contribution is 5.40. The molecule has 1 fully saturated rings. The van der Waals surface area contributed by atoms with Crippen molar-refractivity contribution in [3.8, 4) is 11.5 Å². The second-order valence-corrected chi connectivity index (χ2v) is 5.15. The van der Waals surface area contributed by atoms with Crippen LogP contribution in [0.5, 0.6) is 11.5 Å². The van der Waals surface area contributed by atoms with Gasteiger partial charge in [-0.25, -0.2) is 0 Å². The molecule has 1 N–H and O–H groups in total. The largest absolute Gasteiger partial charge is 0.497 e. The van der Waals surface area contributed by atoms with Crippen molar-refractivity contribution in [3.05, 3.63) is 35.5 Å². The molecule has 0 radical (unpaired) electrons. The second kappa shape index (κ2) is 6.13. The number of nitrogens with zero attached hydrogens (tertiary/aromatic N) is 2. The number of methoxy groups -OCH3 is 1. The first-order valence-corrected chi connectivity index (χ1v) is 7.07. The van der Waals surface area contributed by atoms with Gasteiger partial charge in [0.1, 0.15) is 11.5 Å². The maximum atomic E-state index is 5.81. The highest BCUT2D eigenvalue weighted by atomic mass is 16.5. The molecule has 0 bridgehead atoms. The summed E-state index contributed by atoms with van der Waals surface area (Å²) in [6.45, 7) is 2.82. The average molecular weight is 289 g/mol. The third kappa shape index (κ3) is 3.72. The molecule has 0 amide bonds. The molecule has 6 nitrogen and oxygen atoms in total. The maximum absolute atomic E-state index is 5.81. The summed E-state index contributed by atoms with van der Waals surface area (Å²) in [5.41, 5.74) is 1.07. The van der Waals surface area contributed by atoms with E-state index < -0.39 is 0 Å². The van der Waals surface area contributed by atoms with Gasteiger partial charge < -0.3 is 19.3 Å². The van der Waals surface area contributed by atoms with Crippen LogP contribution >= 0.6 is 0 Å². The molecule has 21 heavy (non-hydrogen) atoms. The number of ether oxygens (including phenoxy) is 2. The van der Waals surface area contributed by atoms with Crippen molar-refractivity contribution in [2.24, 2.45) is 0 Å². The number of benzene rings is 1. The lowest BCUT2D eigenvalue weighted by Crippen LogP contribution is -2.16. The fraction of sp³-hybridized carbons (Fsp3) is 0.467. The first-order chi connectivity index (χ1) is 10.2. The lowest BCUT2D eigenvalue weighted by Gasteiger charge is -2.12. The zero-order chi connectivity index (χ0) is 14.7. The Kier molecular flexibility index (Phi) is 4.06. The first kappa shape index (κ1) is 13.9. The minimum Gasteiger partial charge on any atom is -0.497 e. The number of aryl methyl sites for hydroxylation is 1. The molecular weight excluding hydrogens is 270 g/mol. The predicted molar refractivity (Wildman–Crippen MR) is 76.2 cm³/mol. The summed E-state index contributed by atoms with van der Waals surface area (Å²) in [5, 5.41) is 7.31. The first-order valence-electron chi connectivity index (χ1n) is 7.07. The Hall–Kier alpha value is -2.08. The molecule has 1 aromatic heterocycles. The molecule has 112 valence electrons. The highest BCUT2D eigenvalue weighted by Crippen LogP contribution is 2.26. The Bertz CT molecular complexity index is 608. The summed E-state index contributed by atoms with van der Waals surface area (Å²) in [6, 6.07) is 6.43. The number of rotatable bonds is 7. The van der Waals surface area contributed by atoms with Crippen molar-refractivity contribution in [3.63, 3.8) is 0 Å². The summed E-state index contributed by atoms with van der Waals surface area (Å²) < 4.78 is 16.0. The van der Waals surface area contributed by atoms with Crippen molar-refractivity contribution in [1.29, 1.82) is 0 Å². The molecule has 1 aliphatic rings. The number of aromatic nitrogens is 2. The van der Waals surface area contributed by atoms with Crippen LogP contribution in [0, 0.1) is 6.92 Å². The minimum atomic E-state index is 0.292. The van der Waals surface area contributed by atoms with Crippen molar-refractivity contribution in [1.82, 2.24) is 15.5 Å². The molecule has 2 aromatic rings. The molecular formula is C15H19N3O3. The maximum Gasteiger partial charge on any atom is 0.223 e. The lowest BCUT2D eigenvalue weighted by molar-refractivity contribution is 0.282. The summed E-state index contributed by atoms with van der Waals surface area (Å²) >= 11 is 0. The zero-order valence-electron chi connectivity index (χ0n) is 12.3.